The van der Waals surface area contributed by atoms with Gasteiger partial charge in [0.25, 0.3) is 0 Å². The Balaban J connectivity index is 1.87. The molecule has 0 radical (unpaired) electrons. The molecule has 1 aliphatic rings. The van der Waals surface area contributed by atoms with Gasteiger partial charge in [0.1, 0.15) is 5.75 Å². The van der Waals surface area contributed by atoms with Crippen molar-refractivity contribution in [3.63, 3.8) is 0 Å². The summed E-state index contributed by atoms with van der Waals surface area (Å²) in [5, 5.41) is 1.14. The van der Waals surface area contributed by atoms with Gasteiger partial charge in [0, 0.05) is 25.7 Å². The molecule has 1 aromatic carbocycles. The summed E-state index contributed by atoms with van der Waals surface area (Å²) in [5.41, 5.74) is 1.04. The van der Waals surface area contributed by atoms with Crippen molar-refractivity contribution in [1.29, 1.82) is 0 Å². The van der Waals surface area contributed by atoms with E-state index in [0.717, 1.165) is 36.0 Å². The van der Waals surface area contributed by atoms with E-state index in [-0.39, 0.29) is 0 Å². The Morgan fingerprint density at radius 1 is 1.21 bits per heavy atom. The molecule has 102 valence electrons. The minimum Gasteiger partial charge on any atom is -0.497 e. The molecule has 0 amide bonds. The third kappa shape index (κ3) is 2.67. The SMILES string of the molecule is COc1ccc2sc(N3CCCN(C)CC3)nc2c1. The normalized spacial score (nSPS) is 17.7. The van der Waals surface area contributed by atoms with Crippen LogP contribution in [0.15, 0.2) is 18.2 Å². The molecular weight excluding hydrogens is 258 g/mol. The Kier molecular flexibility index (Phi) is 3.57. The molecule has 1 saturated heterocycles. The number of thiazole rings is 1. The number of ether oxygens (including phenoxy) is 1. The zero-order valence-electron chi connectivity index (χ0n) is 11.4. The minimum absolute atomic E-state index is 0.875. The lowest BCUT2D eigenvalue weighted by molar-refractivity contribution is 0.360. The van der Waals surface area contributed by atoms with Crippen LogP contribution in [-0.4, -0.2) is 50.2 Å². The number of anilines is 1. The van der Waals surface area contributed by atoms with Crippen LogP contribution in [0.25, 0.3) is 10.2 Å². The summed E-state index contributed by atoms with van der Waals surface area (Å²) >= 11 is 1.77. The Labute approximate surface area is 117 Å². The molecule has 19 heavy (non-hydrogen) atoms. The number of aromatic nitrogens is 1. The lowest BCUT2D eigenvalue weighted by Crippen LogP contribution is -2.28. The van der Waals surface area contributed by atoms with Gasteiger partial charge in [0.05, 0.1) is 17.3 Å². The van der Waals surface area contributed by atoms with Gasteiger partial charge in [0.2, 0.25) is 0 Å². The molecule has 3 rings (SSSR count). The maximum absolute atomic E-state index is 5.26. The molecule has 0 N–H and O–H groups in total. The van der Waals surface area contributed by atoms with Gasteiger partial charge in [-0.2, -0.15) is 0 Å². The van der Waals surface area contributed by atoms with Crippen molar-refractivity contribution < 1.29 is 4.74 Å². The van der Waals surface area contributed by atoms with Crippen LogP contribution in [0.1, 0.15) is 6.42 Å². The molecule has 5 heteroatoms. The molecular formula is C14H19N3OS. The summed E-state index contributed by atoms with van der Waals surface area (Å²) in [7, 11) is 3.88. The molecule has 0 unspecified atom stereocenters. The van der Waals surface area contributed by atoms with Gasteiger partial charge in [-0.1, -0.05) is 11.3 Å². The molecule has 2 heterocycles. The highest BCUT2D eigenvalue weighted by Crippen LogP contribution is 2.31. The second kappa shape index (κ2) is 5.35. The Bertz CT molecular complexity index is 569. The van der Waals surface area contributed by atoms with Crippen molar-refractivity contribution in [3.8, 4) is 5.75 Å². The van der Waals surface area contributed by atoms with Gasteiger partial charge in [-0.3, -0.25) is 0 Å². The third-order valence-electron chi connectivity index (χ3n) is 3.57. The molecule has 1 aromatic heterocycles. The fourth-order valence-electron chi connectivity index (χ4n) is 2.40. The van der Waals surface area contributed by atoms with Crippen molar-refractivity contribution in [2.24, 2.45) is 0 Å². The van der Waals surface area contributed by atoms with Gasteiger partial charge < -0.3 is 14.5 Å². The van der Waals surface area contributed by atoms with Crippen LogP contribution >= 0.6 is 11.3 Å². The molecule has 0 saturated carbocycles. The smallest absolute Gasteiger partial charge is 0.186 e. The molecule has 1 fully saturated rings. The first kappa shape index (κ1) is 12.7. The zero-order chi connectivity index (χ0) is 13.2. The largest absolute Gasteiger partial charge is 0.497 e. The van der Waals surface area contributed by atoms with Gasteiger partial charge in [-0.25, -0.2) is 4.98 Å². The Hall–Kier alpha value is -1.33. The Morgan fingerprint density at radius 2 is 2.11 bits per heavy atom. The first-order chi connectivity index (χ1) is 9.26. The van der Waals surface area contributed by atoms with E-state index in [2.05, 4.69) is 22.9 Å². The van der Waals surface area contributed by atoms with Crippen molar-refractivity contribution in [2.45, 2.75) is 6.42 Å². The number of nitrogens with zero attached hydrogens (tertiary/aromatic N) is 3. The van der Waals surface area contributed by atoms with E-state index in [1.165, 1.54) is 17.7 Å². The third-order valence-corrected chi connectivity index (χ3v) is 4.67. The van der Waals surface area contributed by atoms with E-state index >= 15 is 0 Å². The quantitative estimate of drug-likeness (QED) is 0.843. The molecule has 1 aliphatic heterocycles. The van der Waals surface area contributed by atoms with Crippen LogP contribution in [0.5, 0.6) is 5.75 Å². The van der Waals surface area contributed by atoms with Crippen LogP contribution in [-0.2, 0) is 0 Å². The highest BCUT2D eigenvalue weighted by molar-refractivity contribution is 7.22. The van der Waals surface area contributed by atoms with Crippen molar-refractivity contribution >= 4 is 26.7 Å². The summed E-state index contributed by atoms with van der Waals surface area (Å²) in [4.78, 5) is 9.55. The topological polar surface area (TPSA) is 28.6 Å². The summed E-state index contributed by atoms with van der Waals surface area (Å²) in [6, 6.07) is 6.11. The van der Waals surface area contributed by atoms with Crippen molar-refractivity contribution in [1.82, 2.24) is 9.88 Å². The number of methoxy groups -OCH3 is 1. The van der Waals surface area contributed by atoms with Gasteiger partial charge in [-0.05, 0) is 32.1 Å². The zero-order valence-corrected chi connectivity index (χ0v) is 12.2. The van der Waals surface area contributed by atoms with Crippen molar-refractivity contribution in [3.05, 3.63) is 18.2 Å². The van der Waals surface area contributed by atoms with Crippen LogP contribution in [0.2, 0.25) is 0 Å². The van der Waals surface area contributed by atoms with E-state index in [1.54, 1.807) is 18.4 Å². The molecule has 0 atom stereocenters. The average molecular weight is 277 g/mol. The van der Waals surface area contributed by atoms with E-state index < -0.39 is 0 Å². The summed E-state index contributed by atoms with van der Waals surface area (Å²) < 4.78 is 6.49. The van der Waals surface area contributed by atoms with Crippen LogP contribution < -0.4 is 9.64 Å². The summed E-state index contributed by atoms with van der Waals surface area (Å²) in [6.07, 6.45) is 1.20. The molecule has 0 aliphatic carbocycles. The second-order valence-corrected chi connectivity index (χ2v) is 5.98. The van der Waals surface area contributed by atoms with E-state index in [4.69, 9.17) is 9.72 Å². The highest BCUT2D eigenvalue weighted by atomic mass is 32.1. The van der Waals surface area contributed by atoms with Gasteiger partial charge >= 0.3 is 0 Å². The van der Waals surface area contributed by atoms with Gasteiger partial charge in [0.15, 0.2) is 5.13 Å². The average Bonchev–Trinajstić information content (AvgIpc) is 2.73. The predicted molar refractivity (Wildman–Crippen MR) is 80.5 cm³/mol. The first-order valence-electron chi connectivity index (χ1n) is 6.64. The number of hydrogen-bond acceptors (Lipinski definition) is 5. The maximum Gasteiger partial charge on any atom is 0.186 e. The summed E-state index contributed by atoms with van der Waals surface area (Å²) in [6.45, 7) is 4.45. The molecule has 0 spiro atoms. The van der Waals surface area contributed by atoms with Crippen LogP contribution in [0.3, 0.4) is 0 Å². The first-order valence-corrected chi connectivity index (χ1v) is 7.46. The fourth-order valence-corrected chi connectivity index (χ4v) is 3.39. The van der Waals surface area contributed by atoms with E-state index in [1.807, 2.05) is 12.1 Å². The molecule has 0 bridgehead atoms. The van der Waals surface area contributed by atoms with E-state index in [0.29, 0.717) is 0 Å². The fraction of sp³-hybridized carbons (Fsp3) is 0.500. The number of rotatable bonds is 2. The molecule has 2 aromatic rings. The number of likely N-dealkylation sites (N-methyl/N-ethyl adjacent to an activating group) is 1. The van der Waals surface area contributed by atoms with Crippen LogP contribution in [0.4, 0.5) is 5.13 Å². The lowest BCUT2D eigenvalue weighted by atomic mass is 10.3. The van der Waals surface area contributed by atoms with E-state index in [9.17, 15) is 0 Å². The maximum atomic E-state index is 5.26. The van der Waals surface area contributed by atoms with Crippen molar-refractivity contribution in [2.75, 3.05) is 45.2 Å². The Morgan fingerprint density at radius 3 is 2.95 bits per heavy atom. The summed E-state index contributed by atoms with van der Waals surface area (Å²) in [5.74, 6) is 0.875. The number of fused-ring (bicyclic) bond motifs is 1. The lowest BCUT2D eigenvalue weighted by Gasteiger charge is -2.18. The van der Waals surface area contributed by atoms with Gasteiger partial charge in [-0.15, -0.1) is 0 Å². The highest BCUT2D eigenvalue weighted by Gasteiger charge is 2.16. The second-order valence-electron chi connectivity index (χ2n) is 4.97. The number of benzene rings is 1. The number of hydrogen-bond donors (Lipinski definition) is 0. The van der Waals surface area contributed by atoms with Crippen LogP contribution in [0, 0.1) is 0 Å². The minimum atomic E-state index is 0.875. The predicted octanol–water partition coefficient (Wildman–Crippen LogP) is 2.45. The monoisotopic (exact) mass is 277 g/mol. The standard InChI is InChI=1S/C14H19N3OS/c1-16-6-3-7-17(9-8-16)14-15-12-10-11(18-2)4-5-13(12)19-14/h4-5,10H,3,6-9H2,1-2H3. The molecule has 4 nitrogen and oxygen atoms in total.